The number of benzene rings is 2. The second kappa shape index (κ2) is 8.55. The van der Waals surface area contributed by atoms with Gasteiger partial charge in [-0.05, 0) is 47.7 Å². The van der Waals surface area contributed by atoms with E-state index >= 15 is 0 Å². The first-order valence-electron chi connectivity index (χ1n) is 9.06. The summed E-state index contributed by atoms with van der Waals surface area (Å²) < 4.78 is 0. The van der Waals surface area contributed by atoms with Gasteiger partial charge >= 0.3 is 0 Å². The molecular weight excluding hydrogens is 351 g/mol. The molecule has 1 heterocycles. The van der Waals surface area contributed by atoms with Crippen LogP contribution in [-0.2, 0) is 0 Å². The number of hydrogen-bond acceptors (Lipinski definition) is 2. The zero-order chi connectivity index (χ0) is 17.8. The first-order chi connectivity index (χ1) is 12.1. The Morgan fingerprint density at radius 1 is 0.920 bits per heavy atom. The van der Waals surface area contributed by atoms with Crippen LogP contribution in [-0.4, -0.2) is 31.1 Å². The minimum atomic E-state index is 0.158. The maximum atomic E-state index is 6.59. The summed E-state index contributed by atoms with van der Waals surface area (Å²) in [7, 11) is 0. The maximum Gasteiger partial charge on any atom is 0.0616 e. The first-order valence-corrected chi connectivity index (χ1v) is 9.81. The minimum Gasteiger partial charge on any atom is -0.315 e. The molecule has 1 atom stereocenters. The number of nitrogens with one attached hydrogen (secondary N) is 1. The van der Waals surface area contributed by atoms with E-state index < -0.39 is 0 Å². The van der Waals surface area contributed by atoms with Gasteiger partial charge < -0.3 is 5.32 Å². The van der Waals surface area contributed by atoms with Crippen LogP contribution in [0.5, 0.6) is 0 Å². The average molecular weight is 377 g/mol. The van der Waals surface area contributed by atoms with E-state index in [9.17, 15) is 0 Å². The summed E-state index contributed by atoms with van der Waals surface area (Å²) in [5, 5.41) is 4.91. The largest absolute Gasteiger partial charge is 0.315 e. The molecule has 2 nitrogen and oxygen atoms in total. The van der Waals surface area contributed by atoms with Crippen LogP contribution in [0.3, 0.4) is 0 Å². The van der Waals surface area contributed by atoms with Gasteiger partial charge in [0.25, 0.3) is 0 Å². The number of halogens is 2. The fourth-order valence-corrected chi connectivity index (χ4v) is 4.01. The number of rotatable bonds is 4. The van der Waals surface area contributed by atoms with Gasteiger partial charge in [0.2, 0.25) is 0 Å². The molecule has 0 aliphatic carbocycles. The third-order valence-corrected chi connectivity index (χ3v) is 5.48. The molecule has 0 aromatic heterocycles. The molecule has 134 valence electrons. The molecule has 1 aliphatic heterocycles. The first kappa shape index (κ1) is 18.7. The molecule has 3 rings (SSSR count). The highest BCUT2D eigenvalue weighted by Crippen LogP contribution is 2.35. The third kappa shape index (κ3) is 4.57. The molecule has 0 amide bonds. The zero-order valence-electron chi connectivity index (χ0n) is 14.9. The zero-order valence-corrected chi connectivity index (χ0v) is 16.4. The lowest BCUT2D eigenvalue weighted by atomic mass is 9.94. The van der Waals surface area contributed by atoms with Crippen molar-refractivity contribution in [2.45, 2.75) is 32.2 Å². The van der Waals surface area contributed by atoms with Crippen LogP contribution >= 0.6 is 23.2 Å². The Balaban J connectivity index is 2.01. The molecule has 2 aromatic rings. The van der Waals surface area contributed by atoms with Gasteiger partial charge in [0, 0.05) is 29.7 Å². The van der Waals surface area contributed by atoms with Crippen LogP contribution in [0.25, 0.3) is 0 Å². The molecule has 0 radical (unpaired) electrons. The fraction of sp³-hybridized carbons (Fsp3) is 0.429. The van der Waals surface area contributed by atoms with Gasteiger partial charge in [0.05, 0.1) is 6.04 Å². The van der Waals surface area contributed by atoms with Gasteiger partial charge in [-0.1, -0.05) is 67.4 Å². The van der Waals surface area contributed by atoms with E-state index in [0.717, 1.165) is 43.2 Å². The Kier molecular flexibility index (Phi) is 6.40. The van der Waals surface area contributed by atoms with Crippen molar-refractivity contribution in [3.63, 3.8) is 0 Å². The Labute approximate surface area is 161 Å². The van der Waals surface area contributed by atoms with Crippen LogP contribution < -0.4 is 5.32 Å². The summed E-state index contributed by atoms with van der Waals surface area (Å²) in [5.74, 6) is 0.536. The van der Waals surface area contributed by atoms with Crippen LogP contribution in [0.1, 0.15) is 48.9 Å². The van der Waals surface area contributed by atoms with Crippen molar-refractivity contribution in [3.8, 4) is 0 Å². The van der Waals surface area contributed by atoms with Crippen molar-refractivity contribution in [1.82, 2.24) is 10.2 Å². The molecule has 1 fully saturated rings. The lowest BCUT2D eigenvalue weighted by molar-refractivity contribution is 0.241. The standard InChI is InChI=1S/C21H26Cl2N2/c1-15(2)16-4-6-17(7-5-16)21(25-12-3-10-24-11-13-25)19-9-8-18(22)14-20(19)23/h4-9,14-15,21,24H,3,10-13H2,1-2H3. The second-order valence-electron chi connectivity index (χ2n) is 7.03. The fourth-order valence-electron chi connectivity index (χ4n) is 3.50. The van der Waals surface area contributed by atoms with E-state index in [0.29, 0.717) is 10.9 Å². The van der Waals surface area contributed by atoms with Gasteiger partial charge in [0.1, 0.15) is 0 Å². The summed E-state index contributed by atoms with van der Waals surface area (Å²) in [4.78, 5) is 2.53. The van der Waals surface area contributed by atoms with E-state index in [1.807, 2.05) is 12.1 Å². The van der Waals surface area contributed by atoms with Crippen LogP contribution in [0.4, 0.5) is 0 Å². The van der Waals surface area contributed by atoms with E-state index in [-0.39, 0.29) is 6.04 Å². The summed E-state index contributed by atoms with van der Waals surface area (Å²) in [6, 6.07) is 15.0. The average Bonchev–Trinajstić information content (AvgIpc) is 2.87. The normalized spacial score (nSPS) is 17.5. The van der Waals surface area contributed by atoms with E-state index in [2.05, 4.69) is 54.4 Å². The Morgan fingerprint density at radius 2 is 1.64 bits per heavy atom. The monoisotopic (exact) mass is 376 g/mol. The molecule has 25 heavy (non-hydrogen) atoms. The molecule has 1 N–H and O–H groups in total. The van der Waals surface area contributed by atoms with E-state index in [1.165, 1.54) is 11.1 Å². The molecule has 1 saturated heterocycles. The molecule has 1 aliphatic rings. The molecule has 4 heteroatoms. The van der Waals surface area contributed by atoms with Crippen LogP contribution in [0.15, 0.2) is 42.5 Å². The van der Waals surface area contributed by atoms with Gasteiger partial charge in [-0.25, -0.2) is 0 Å². The highest BCUT2D eigenvalue weighted by atomic mass is 35.5. The molecular formula is C21H26Cl2N2. The van der Waals surface area contributed by atoms with Crippen molar-refractivity contribution in [3.05, 3.63) is 69.2 Å². The number of nitrogens with zero attached hydrogens (tertiary/aromatic N) is 1. The van der Waals surface area contributed by atoms with Gasteiger partial charge in [-0.15, -0.1) is 0 Å². The lowest BCUT2D eigenvalue weighted by Gasteiger charge is -2.32. The summed E-state index contributed by atoms with van der Waals surface area (Å²) in [6.45, 7) is 8.60. The topological polar surface area (TPSA) is 15.3 Å². The summed E-state index contributed by atoms with van der Waals surface area (Å²) in [6.07, 6.45) is 1.14. The van der Waals surface area contributed by atoms with Gasteiger partial charge in [0.15, 0.2) is 0 Å². The predicted molar refractivity (Wildman–Crippen MR) is 108 cm³/mol. The lowest BCUT2D eigenvalue weighted by Crippen LogP contribution is -2.33. The molecule has 0 saturated carbocycles. The van der Waals surface area contributed by atoms with E-state index in [1.54, 1.807) is 0 Å². The Hall–Kier alpha value is -1.06. The molecule has 2 aromatic carbocycles. The van der Waals surface area contributed by atoms with Crippen LogP contribution in [0.2, 0.25) is 10.0 Å². The second-order valence-corrected chi connectivity index (χ2v) is 7.87. The van der Waals surface area contributed by atoms with Crippen molar-refractivity contribution >= 4 is 23.2 Å². The third-order valence-electron chi connectivity index (χ3n) is 4.92. The smallest absolute Gasteiger partial charge is 0.0616 e. The van der Waals surface area contributed by atoms with Crippen molar-refractivity contribution < 1.29 is 0 Å². The van der Waals surface area contributed by atoms with Gasteiger partial charge in [-0.2, -0.15) is 0 Å². The molecule has 0 bridgehead atoms. The van der Waals surface area contributed by atoms with Crippen LogP contribution in [0, 0.1) is 0 Å². The molecule has 1 unspecified atom stereocenters. The highest BCUT2D eigenvalue weighted by Gasteiger charge is 2.25. The SMILES string of the molecule is CC(C)c1ccc(C(c2ccc(Cl)cc2Cl)N2CCCNCC2)cc1. The van der Waals surface area contributed by atoms with Crippen molar-refractivity contribution in [2.24, 2.45) is 0 Å². The van der Waals surface area contributed by atoms with Crippen molar-refractivity contribution in [2.75, 3.05) is 26.2 Å². The Bertz CT molecular complexity index is 690. The summed E-state index contributed by atoms with van der Waals surface area (Å²) >= 11 is 12.7. The van der Waals surface area contributed by atoms with Crippen molar-refractivity contribution in [1.29, 1.82) is 0 Å². The minimum absolute atomic E-state index is 0.158. The van der Waals surface area contributed by atoms with E-state index in [4.69, 9.17) is 23.2 Å². The molecule has 0 spiro atoms. The van der Waals surface area contributed by atoms with Gasteiger partial charge in [-0.3, -0.25) is 4.90 Å². The quantitative estimate of drug-likeness (QED) is 0.757. The summed E-state index contributed by atoms with van der Waals surface area (Å²) in [5.41, 5.74) is 3.78. The number of hydrogen-bond donors (Lipinski definition) is 1. The highest BCUT2D eigenvalue weighted by molar-refractivity contribution is 6.35. The maximum absolute atomic E-state index is 6.59. The predicted octanol–water partition coefficient (Wildman–Crippen LogP) is 5.50. The Morgan fingerprint density at radius 3 is 2.32 bits per heavy atom.